The van der Waals surface area contributed by atoms with E-state index in [0.717, 1.165) is 13.1 Å². The molecule has 0 spiro atoms. The smallest absolute Gasteiger partial charge is 0.252 e. The van der Waals surface area contributed by atoms with E-state index in [-0.39, 0.29) is 19.1 Å². The molecular formula is C16H20N4O3. The van der Waals surface area contributed by atoms with E-state index >= 15 is 0 Å². The third-order valence-electron chi connectivity index (χ3n) is 3.79. The van der Waals surface area contributed by atoms with Gasteiger partial charge in [-0.3, -0.25) is 4.79 Å². The van der Waals surface area contributed by atoms with Crippen LogP contribution in [0.25, 0.3) is 0 Å². The maximum absolute atomic E-state index is 12.1. The van der Waals surface area contributed by atoms with Crippen molar-refractivity contribution in [1.82, 2.24) is 15.5 Å². The van der Waals surface area contributed by atoms with Gasteiger partial charge >= 0.3 is 0 Å². The highest BCUT2D eigenvalue weighted by atomic mass is 16.5. The van der Waals surface area contributed by atoms with Gasteiger partial charge in [0.25, 0.3) is 11.8 Å². The van der Waals surface area contributed by atoms with Gasteiger partial charge in [0.15, 0.2) is 5.82 Å². The SMILES string of the molecule is COCc1nc(CNC(=O)c2ccc(N3CCCC3)cc2)no1. The van der Waals surface area contributed by atoms with E-state index in [0.29, 0.717) is 17.3 Å². The number of rotatable bonds is 6. The number of carbonyl (C=O) groups excluding carboxylic acids is 1. The van der Waals surface area contributed by atoms with Gasteiger partial charge in [0.2, 0.25) is 0 Å². The normalized spacial score (nSPS) is 14.2. The Morgan fingerprint density at radius 1 is 1.30 bits per heavy atom. The van der Waals surface area contributed by atoms with E-state index in [1.54, 1.807) is 7.11 Å². The van der Waals surface area contributed by atoms with E-state index in [1.165, 1.54) is 18.5 Å². The van der Waals surface area contributed by atoms with Crippen LogP contribution in [0.3, 0.4) is 0 Å². The Bertz CT molecular complexity index is 648. The summed E-state index contributed by atoms with van der Waals surface area (Å²) >= 11 is 0. The zero-order valence-electron chi connectivity index (χ0n) is 13.1. The second-order valence-electron chi connectivity index (χ2n) is 5.46. The largest absolute Gasteiger partial charge is 0.375 e. The number of hydrogen-bond acceptors (Lipinski definition) is 6. The van der Waals surface area contributed by atoms with Crippen molar-refractivity contribution in [2.75, 3.05) is 25.1 Å². The number of aromatic nitrogens is 2. The van der Waals surface area contributed by atoms with Crippen molar-refractivity contribution in [3.05, 3.63) is 41.5 Å². The van der Waals surface area contributed by atoms with Crippen LogP contribution in [0.2, 0.25) is 0 Å². The summed E-state index contributed by atoms with van der Waals surface area (Å²) in [7, 11) is 1.55. The molecule has 7 heteroatoms. The number of carbonyl (C=O) groups is 1. The Labute approximate surface area is 134 Å². The molecule has 1 saturated heterocycles. The molecule has 0 atom stereocenters. The minimum absolute atomic E-state index is 0.156. The number of hydrogen-bond donors (Lipinski definition) is 1. The first-order chi connectivity index (χ1) is 11.3. The predicted octanol–water partition coefficient (Wildman–Crippen LogP) is 1.75. The highest BCUT2D eigenvalue weighted by molar-refractivity contribution is 5.94. The molecular weight excluding hydrogens is 296 g/mol. The van der Waals surface area contributed by atoms with Crippen LogP contribution in [0.15, 0.2) is 28.8 Å². The number of nitrogens with zero attached hydrogens (tertiary/aromatic N) is 3. The molecule has 0 unspecified atom stereocenters. The molecule has 1 amide bonds. The summed E-state index contributed by atoms with van der Waals surface area (Å²) in [6.07, 6.45) is 2.47. The topological polar surface area (TPSA) is 80.5 Å². The van der Waals surface area contributed by atoms with Crippen molar-refractivity contribution in [2.45, 2.75) is 26.0 Å². The van der Waals surface area contributed by atoms with Crippen LogP contribution >= 0.6 is 0 Å². The molecule has 0 saturated carbocycles. The van der Waals surface area contributed by atoms with Crippen LogP contribution in [0.1, 0.15) is 34.9 Å². The van der Waals surface area contributed by atoms with Crippen LogP contribution in [0, 0.1) is 0 Å². The Kier molecular flexibility index (Phi) is 4.87. The average molecular weight is 316 g/mol. The van der Waals surface area contributed by atoms with E-state index in [2.05, 4.69) is 20.4 Å². The summed E-state index contributed by atoms with van der Waals surface area (Å²) in [6.45, 7) is 2.67. The van der Waals surface area contributed by atoms with Gasteiger partial charge in [-0.05, 0) is 37.1 Å². The summed E-state index contributed by atoms with van der Waals surface area (Å²) in [4.78, 5) is 18.6. The summed E-state index contributed by atoms with van der Waals surface area (Å²) in [5.74, 6) is 0.668. The van der Waals surface area contributed by atoms with Crippen molar-refractivity contribution in [3.8, 4) is 0 Å². The number of benzene rings is 1. The van der Waals surface area contributed by atoms with Crippen molar-refractivity contribution >= 4 is 11.6 Å². The van der Waals surface area contributed by atoms with Gasteiger partial charge in [-0.15, -0.1) is 0 Å². The molecule has 7 nitrogen and oxygen atoms in total. The Hall–Kier alpha value is -2.41. The second-order valence-corrected chi connectivity index (χ2v) is 5.46. The molecule has 1 aromatic heterocycles. The maximum Gasteiger partial charge on any atom is 0.252 e. The molecule has 0 bridgehead atoms. The van der Waals surface area contributed by atoms with Gasteiger partial charge in [-0.2, -0.15) is 4.98 Å². The number of ether oxygens (including phenoxy) is 1. The first kappa shape index (κ1) is 15.5. The molecule has 1 aliphatic rings. The lowest BCUT2D eigenvalue weighted by molar-refractivity contribution is 0.0949. The van der Waals surface area contributed by atoms with Crippen molar-refractivity contribution in [2.24, 2.45) is 0 Å². The van der Waals surface area contributed by atoms with Crippen LogP contribution in [-0.2, 0) is 17.9 Å². The fourth-order valence-electron chi connectivity index (χ4n) is 2.60. The lowest BCUT2D eigenvalue weighted by Crippen LogP contribution is -2.23. The highest BCUT2D eigenvalue weighted by Crippen LogP contribution is 2.20. The van der Waals surface area contributed by atoms with Gasteiger partial charge in [0, 0.05) is 31.5 Å². The van der Waals surface area contributed by atoms with Crippen LogP contribution in [0.5, 0.6) is 0 Å². The fraction of sp³-hybridized carbons (Fsp3) is 0.438. The maximum atomic E-state index is 12.1. The third-order valence-corrected chi connectivity index (χ3v) is 3.79. The van der Waals surface area contributed by atoms with Crippen LogP contribution < -0.4 is 10.2 Å². The number of anilines is 1. The van der Waals surface area contributed by atoms with Crippen molar-refractivity contribution < 1.29 is 14.1 Å². The van der Waals surface area contributed by atoms with E-state index in [4.69, 9.17) is 9.26 Å². The monoisotopic (exact) mass is 316 g/mol. The van der Waals surface area contributed by atoms with Gasteiger partial charge in [0.1, 0.15) is 6.61 Å². The summed E-state index contributed by atoms with van der Waals surface area (Å²) in [6, 6.07) is 7.67. The average Bonchev–Trinajstić information content (AvgIpc) is 3.25. The summed E-state index contributed by atoms with van der Waals surface area (Å²) in [5, 5.41) is 6.56. The molecule has 0 radical (unpaired) electrons. The molecule has 1 fully saturated rings. The molecule has 1 N–H and O–H groups in total. The first-order valence-corrected chi connectivity index (χ1v) is 7.70. The second kappa shape index (κ2) is 7.23. The lowest BCUT2D eigenvalue weighted by atomic mass is 10.2. The Morgan fingerprint density at radius 2 is 2.04 bits per heavy atom. The number of methoxy groups -OCH3 is 1. The van der Waals surface area contributed by atoms with Crippen molar-refractivity contribution in [3.63, 3.8) is 0 Å². The van der Waals surface area contributed by atoms with E-state index < -0.39 is 0 Å². The Balaban J connectivity index is 1.54. The van der Waals surface area contributed by atoms with Gasteiger partial charge < -0.3 is 19.5 Å². The zero-order chi connectivity index (χ0) is 16.1. The van der Waals surface area contributed by atoms with Gasteiger partial charge in [0.05, 0.1) is 6.54 Å². The zero-order valence-corrected chi connectivity index (χ0v) is 13.1. The minimum atomic E-state index is -0.156. The van der Waals surface area contributed by atoms with E-state index in [1.807, 2.05) is 24.3 Å². The third kappa shape index (κ3) is 3.87. The predicted molar refractivity (Wildman–Crippen MR) is 84.1 cm³/mol. The van der Waals surface area contributed by atoms with Gasteiger partial charge in [-0.1, -0.05) is 5.16 Å². The molecule has 1 aliphatic heterocycles. The molecule has 23 heavy (non-hydrogen) atoms. The fourth-order valence-corrected chi connectivity index (χ4v) is 2.60. The standard InChI is InChI=1S/C16H20N4O3/c1-22-11-15-18-14(19-23-15)10-17-16(21)12-4-6-13(7-5-12)20-8-2-3-9-20/h4-7H,2-3,8-11H2,1H3,(H,17,21). The molecule has 3 rings (SSSR count). The molecule has 122 valence electrons. The molecule has 0 aliphatic carbocycles. The van der Waals surface area contributed by atoms with Crippen LogP contribution in [-0.4, -0.2) is 36.2 Å². The first-order valence-electron chi connectivity index (χ1n) is 7.70. The molecule has 2 aromatic rings. The Morgan fingerprint density at radius 3 is 2.74 bits per heavy atom. The quantitative estimate of drug-likeness (QED) is 0.874. The summed E-state index contributed by atoms with van der Waals surface area (Å²) in [5.41, 5.74) is 1.79. The minimum Gasteiger partial charge on any atom is -0.375 e. The van der Waals surface area contributed by atoms with E-state index in [9.17, 15) is 4.79 Å². The highest BCUT2D eigenvalue weighted by Gasteiger charge is 2.13. The molecule has 2 heterocycles. The van der Waals surface area contributed by atoms with Crippen molar-refractivity contribution in [1.29, 1.82) is 0 Å². The summed E-state index contributed by atoms with van der Waals surface area (Å²) < 4.78 is 9.87. The lowest BCUT2D eigenvalue weighted by Gasteiger charge is -2.17. The number of amides is 1. The number of nitrogens with one attached hydrogen (secondary N) is 1. The molecule has 1 aromatic carbocycles. The van der Waals surface area contributed by atoms with Crippen LogP contribution in [0.4, 0.5) is 5.69 Å². The van der Waals surface area contributed by atoms with Gasteiger partial charge in [-0.25, -0.2) is 0 Å².